The van der Waals surface area contributed by atoms with Crippen LogP contribution in [0.5, 0.6) is 0 Å². The highest BCUT2D eigenvalue weighted by atomic mass is 35.5. The van der Waals surface area contributed by atoms with Gasteiger partial charge in [0.05, 0.1) is 0 Å². The Bertz CT molecular complexity index is 265. The molecule has 0 aromatic heterocycles. The number of hydrogen-bond donors (Lipinski definition) is 0. The van der Waals surface area contributed by atoms with Gasteiger partial charge in [0.2, 0.25) is 0 Å². The van der Waals surface area contributed by atoms with Crippen molar-refractivity contribution in [2.45, 2.75) is 71.3 Å². The van der Waals surface area contributed by atoms with E-state index in [1.54, 1.807) is 13.8 Å². The number of carbonyl (C=O) groups excluding carboxylic acids is 1. The van der Waals surface area contributed by atoms with Crippen LogP contribution in [0.1, 0.15) is 60.3 Å². The van der Waals surface area contributed by atoms with Crippen LogP contribution < -0.4 is 0 Å². The molecule has 1 aliphatic carbocycles. The molecule has 1 fully saturated rings. The SMILES string of the molecule is CC(C)(Cl)C(=O)O[C@H]1CC[C@H](C(C)(C)C)CC1. The van der Waals surface area contributed by atoms with E-state index in [4.69, 9.17) is 16.3 Å². The molecular weight excluding hydrogens is 236 g/mol. The van der Waals surface area contributed by atoms with Crippen LogP contribution in [0.4, 0.5) is 0 Å². The largest absolute Gasteiger partial charge is 0.461 e. The summed E-state index contributed by atoms with van der Waals surface area (Å²) >= 11 is 5.93. The molecule has 1 saturated carbocycles. The molecule has 2 nitrogen and oxygen atoms in total. The number of esters is 1. The Morgan fingerprint density at radius 3 is 1.88 bits per heavy atom. The minimum absolute atomic E-state index is 0.0686. The predicted molar refractivity (Wildman–Crippen MR) is 71.2 cm³/mol. The van der Waals surface area contributed by atoms with E-state index in [2.05, 4.69) is 20.8 Å². The first-order chi connectivity index (χ1) is 7.60. The van der Waals surface area contributed by atoms with Crippen molar-refractivity contribution in [1.82, 2.24) is 0 Å². The third-order valence-electron chi connectivity index (χ3n) is 3.66. The third-order valence-corrected chi connectivity index (χ3v) is 3.81. The average molecular weight is 261 g/mol. The summed E-state index contributed by atoms with van der Waals surface area (Å²) in [7, 11) is 0. The number of rotatable bonds is 2. The van der Waals surface area contributed by atoms with Gasteiger partial charge in [0.25, 0.3) is 0 Å². The Morgan fingerprint density at radius 2 is 1.53 bits per heavy atom. The van der Waals surface area contributed by atoms with Gasteiger partial charge in [0.15, 0.2) is 0 Å². The number of ether oxygens (including phenoxy) is 1. The first-order valence-corrected chi connectivity index (χ1v) is 6.88. The summed E-state index contributed by atoms with van der Waals surface area (Å²) in [5, 5.41) is 0. The lowest BCUT2D eigenvalue weighted by Crippen LogP contribution is -2.35. The van der Waals surface area contributed by atoms with E-state index in [-0.39, 0.29) is 12.1 Å². The van der Waals surface area contributed by atoms with E-state index < -0.39 is 4.87 Å². The van der Waals surface area contributed by atoms with Gasteiger partial charge in [-0.15, -0.1) is 11.6 Å². The van der Waals surface area contributed by atoms with E-state index in [1.165, 1.54) is 0 Å². The van der Waals surface area contributed by atoms with Gasteiger partial charge in [-0.1, -0.05) is 20.8 Å². The maximum Gasteiger partial charge on any atom is 0.326 e. The topological polar surface area (TPSA) is 26.3 Å². The maximum atomic E-state index is 11.7. The highest BCUT2D eigenvalue weighted by Crippen LogP contribution is 2.38. The summed E-state index contributed by atoms with van der Waals surface area (Å²) < 4.78 is 5.45. The molecule has 0 atom stereocenters. The standard InChI is InChI=1S/C14H25ClO2/c1-13(2,3)10-6-8-11(9-7-10)17-12(16)14(4,5)15/h10-11H,6-9H2,1-5H3/t10-,11-. The molecule has 0 saturated heterocycles. The smallest absolute Gasteiger partial charge is 0.326 e. The molecule has 100 valence electrons. The van der Waals surface area contributed by atoms with Crippen LogP contribution in [0.15, 0.2) is 0 Å². The first kappa shape index (κ1) is 14.8. The molecule has 3 heteroatoms. The number of halogens is 1. The Kier molecular flexibility index (Phi) is 4.51. The lowest BCUT2D eigenvalue weighted by molar-refractivity contribution is -0.153. The summed E-state index contributed by atoms with van der Waals surface area (Å²) in [5.74, 6) is 0.444. The summed E-state index contributed by atoms with van der Waals surface area (Å²) in [4.78, 5) is 10.8. The fraction of sp³-hybridized carbons (Fsp3) is 0.929. The Balaban J connectivity index is 2.41. The quantitative estimate of drug-likeness (QED) is 0.551. The molecule has 0 heterocycles. The Morgan fingerprint density at radius 1 is 1.06 bits per heavy atom. The molecule has 0 bridgehead atoms. The van der Waals surface area contributed by atoms with Crippen LogP contribution in [-0.2, 0) is 9.53 Å². The zero-order chi connectivity index (χ0) is 13.3. The van der Waals surface area contributed by atoms with E-state index >= 15 is 0 Å². The minimum Gasteiger partial charge on any atom is -0.461 e. The van der Waals surface area contributed by atoms with E-state index in [0.29, 0.717) is 5.41 Å². The van der Waals surface area contributed by atoms with Crippen molar-refractivity contribution >= 4 is 17.6 Å². The van der Waals surface area contributed by atoms with Crippen molar-refractivity contribution in [3.05, 3.63) is 0 Å². The normalized spacial score (nSPS) is 26.7. The van der Waals surface area contributed by atoms with Crippen LogP contribution in [0.2, 0.25) is 0 Å². The van der Waals surface area contributed by atoms with Gasteiger partial charge in [-0.05, 0) is 50.9 Å². The van der Waals surface area contributed by atoms with Crippen LogP contribution in [0.3, 0.4) is 0 Å². The molecule has 0 aromatic rings. The van der Waals surface area contributed by atoms with Crippen molar-refractivity contribution in [2.24, 2.45) is 11.3 Å². The van der Waals surface area contributed by atoms with Crippen molar-refractivity contribution in [1.29, 1.82) is 0 Å². The minimum atomic E-state index is -0.902. The molecule has 1 rings (SSSR count). The summed E-state index contributed by atoms with van der Waals surface area (Å²) in [6.07, 6.45) is 4.30. The van der Waals surface area contributed by atoms with Crippen molar-refractivity contribution in [3.63, 3.8) is 0 Å². The maximum absolute atomic E-state index is 11.7. The summed E-state index contributed by atoms with van der Waals surface area (Å²) in [6, 6.07) is 0. The Labute approximate surface area is 110 Å². The monoisotopic (exact) mass is 260 g/mol. The molecular formula is C14H25ClO2. The molecule has 0 spiro atoms. The van der Waals surface area contributed by atoms with E-state index in [9.17, 15) is 4.79 Å². The molecule has 1 aliphatic rings. The van der Waals surface area contributed by atoms with Crippen molar-refractivity contribution in [2.75, 3.05) is 0 Å². The Hall–Kier alpha value is -0.240. The molecule has 0 amide bonds. The molecule has 0 radical (unpaired) electrons. The fourth-order valence-corrected chi connectivity index (χ4v) is 2.38. The van der Waals surface area contributed by atoms with E-state index in [0.717, 1.165) is 31.6 Å². The van der Waals surface area contributed by atoms with Gasteiger partial charge in [-0.2, -0.15) is 0 Å². The highest BCUT2D eigenvalue weighted by molar-refractivity contribution is 6.33. The molecule has 0 unspecified atom stereocenters. The highest BCUT2D eigenvalue weighted by Gasteiger charge is 2.33. The van der Waals surface area contributed by atoms with Crippen molar-refractivity contribution in [3.8, 4) is 0 Å². The van der Waals surface area contributed by atoms with Gasteiger partial charge in [-0.3, -0.25) is 4.79 Å². The molecule has 0 aliphatic heterocycles. The lowest BCUT2D eigenvalue weighted by Gasteiger charge is -2.37. The van der Waals surface area contributed by atoms with Crippen LogP contribution >= 0.6 is 11.6 Å². The number of alkyl halides is 1. The van der Waals surface area contributed by atoms with Gasteiger partial charge in [0.1, 0.15) is 11.0 Å². The first-order valence-electron chi connectivity index (χ1n) is 6.50. The van der Waals surface area contributed by atoms with Crippen molar-refractivity contribution < 1.29 is 9.53 Å². The third kappa shape index (κ3) is 4.50. The zero-order valence-corrected chi connectivity index (χ0v) is 12.4. The number of hydrogen-bond acceptors (Lipinski definition) is 2. The van der Waals surface area contributed by atoms with Crippen LogP contribution in [0.25, 0.3) is 0 Å². The molecule has 0 N–H and O–H groups in total. The fourth-order valence-electron chi connectivity index (χ4n) is 2.34. The van der Waals surface area contributed by atoms with Crippen LogP contribution in [-0.4, -0.2) is 16.9 Å². The van der Waals surface area contributed by atoms with Gasteiger partial charge in [0, 0.05) is 0 Å². The summed E-state index contributed by atoms with van der Waals surface area (Å²) in [5.41, 5.74) is 0.362. The summed E-state index contributed by atoms with van der Waals surface area (Å²) in [6.45, 7) is 10.2. The second-order valence-electron chi connectivity index (χ2n) is 6.72. The predicted octanol–water partition coefficient (Wildman–Crippen LogP) is 4.15. The van der Waals surface area contributed by atoms with Crippen LogP contribution in [0, 0.1) is 11.3 Å². The zero-order valence-electron chi connectivity index (χ0n) is 11.7. The average Bonchev–Trinajstić information content (AvgIpc) is 2.15. The number of carbonyl (C=O) groups is 1. The second-order valence-corrected chi connectivity index (χ2v) is 7.66. The van der Waals surface area contributed by atoms with E-state index in [1.807, 2.05) is 0 Å². The lowest BCUT2D eigenvalue weighted by atomic mass is 9.72. The van der Waals surface area contributed by atoms with Gasteiger partial charge >= 0.3 is 5.97 Å². The van der Waals surface area contributed by atoms with Gasteiger partial charge in [-0.25, -0.2) is 0 Å². The molecule has 17 heavy (non-hydrogen) atoms. The second kappa shape index (κ2) is 5.17. The molecule has 0 aromatic carbocycles. The van der Waals surface area contributed by atoms with Gasteiger partial charge < -0.3 is 4.74 Å².